The van der Waals surface area contributed by atoms with Crippen LogP contribution in [0.4, 0.5) is 4.79 Å². The molecule has 0 N–H and O–H groups in total. The molecular weight excluding hydrogens is 366 g/mol. The summed E-state index contributed by atoms with van der Waals surface area (Å²) >= 11 is 0. The van der Waals surface area contributed by atoms with E-state index >= 15 is 0 Å². The number of carbonyl (C=O) groups excluding carboxylic acids is 2. The number of benzene rings is 1. The average Bonchev–Trinajstić information content (AvgIpc) is 3.28. The smallest absolute Gasteiger partial charge is 0.319 e. The maximum Gasteiger partial charge on any atom is 0.319 e. The number of rotatable bonds is 2. The Balaban J connectivity index is 1.38. The number of urea groups is 1. The fourth-order valence-corrected chi connectivity index (χ4v) is 4.75. The molecule has 1 unspecified atom stereocenters. The number of ether oxygens (including phenoxy) is 1. The third kappa shape index (κ3) is 4.27. The third-order valence-corrected chi connectivity index (χ3v) is 6.65. The van der Waals surface area contributed by atoms with Gasteiger partial charge in [-0.05, 0) is 45.1 Å². The van der Waals surface area contributed by atoms with E-state index in [9.17, 15) is 9.59 Å². The monoisotopic (exact) mass is 399 g/mol. The van der Waals surface area contributed by atoms with E-state index in [-0.39, 0.29) is 29.5 Å². The van der Waals surface area contributed by atoms with Crippen molar-refractivity contribution in [1.82, 2.24) is 14.7 Å². The van der Waals surface area contributed by atoms with Gasteiger partial charge in [-0.15, -0.1) is 0 Å². The van der Waals surface area contributed by atoms with Crippen molar-refractivity contribution in [3.63, 3.8) is 0 Å². The molecule has 3 amide bonds. The highest BCUT2D eigenvalue weighted by atomic mass is 16.5. The van der Waals surface area contributed by atoms with Gasteiger partial charge >= 0.3 is 6.03 Å². The average molecular weight is 400 g/mol. The molecule has 3 heterocycles. The highest BCUT2D eigenvalue weighted by Gasteiger charge is 2.42. The van der Waals surface area contributed by atoms with Crippen molar-refractivity contribution >= 4 is 11.9 Å². The Hall–Kier alpha value is -2.08. The van der Waals surface area contributed by atoms with Gasteiger partial charge in [-0.25, -0.2) is 4.79 Å². The molecular formula is C23H33N3O3. The molecule has 0 aromatic heterocycles. The minimum atomic E-state index is -0.315. The second-order valence-corrected chi connectivity index (χ2v) is 9.21. The topological polar surface area (TPSA) is 53.1 Å². The van der Waals surface area contributed by atoms with E-state index in [0.717, 1.165) is 44.3 Å². The number of hydrogen-bond donors (Lipinski definition) is 0. The quantitative estimate of drug-likeness (QED) is 0.767. The van der Waals surface area contributed by atoms with Crippen molar-refractivity contribution in [2.75, 3.05) is 39.3 Å². The van der Waals surface area contributed by atoms with Crippen LogP contribution in [0.15, 0.2) is 30.3 Å². The summed E-state index contributed by atoms with van der Waals surface area (Å²) in [5, 5.41) is 0. The summed E-state index contributed by atoms with van der Waals surface area (Å²) < 4.78 is 6.10. The number of likely N-dealkylation sites (tertiary alicyclic amines) is 2. The molecule has 0 aliphatic carbocycles. The van der Waals surface area contributed by atoms with Crippen LogP contribution in [0.3, 0.4) is 0 Å². The van der Waals surface area contributed by atoms with E-state index in [1.54, 1.807) is 0 Å². The van der Waals surface area contributed by atoms with Crippen LogP contribution in [0.2, 0.25) is 0 Å². The van der Waals surface area contributed by atoms with Crippen molar-refractivity contribution in [1.29, 1.82) is 0 Å². The van der Waals surface area contributed by atoms with Gasteiger partial charge in [-0.1, -0.05) is 30.3 Å². The second kappa shape index (κ2) is 8.34. The Kier molecular flexibility index (Phi) is 5.81. The van der Waals surface area contributed by atoms with Crippen LogP contribution in [-0.2, 0) is 9.53 Å². The fraction of sp³-hybridized carbons (Fsp3) is 0.652. The van der Waals surface area contributed by atoms with Crippen LogP contribution < -0.4 is 0 Å². The number of hydrogen-bond acceptors (Lipinski definition) is 3. The van der Waals surface area contributed by atoms with Crippen LogP contribution in [0.1, 0.15) is 51.2 Å². The summed E-state index contributed by atoms with van der Waals surface area (Å²) in [7, 11) is 0. The Bertz CT molecular complexity index is 722. The number of nitrogens with zero attached hydrogens (tertiary/aromatic N) is 3. The van der Waals surface area contributed by atoms with Crippen LogP contribution >= 0.6 is 0 Å². The molecule has 29 heavy (non-hydrogen) atoms. The molecule has 3 aliphatic rings. The summed E-state index contributed by atoms with van der Waals surface area (Å²) in [5.41, 5.74) is 0.803. The van der Waals surface area contributed by atoms with Gasteiger partial charge in [0.25, 0.3) is 0 Å². The van der Waals surface area contributed by atoms with Gasteiger partial charge in [0, 0.05) is 32.1 Å². The lowest BCUT2D eigenvalue weighted by atomic mass is 9.91. The minimum Gasteiger partial charge on any atom is -0.369 e. The van der Waals surface area contributed by atoms with Crippen LogP contribution in [-0.4, -0.2) is 71.5 Å². The predicted octanol–water partition coefficient (Wildman–Crippen LogP) is 3.29. The van der Waals surface area contributed by atoms with Crippen molar-refractivity contribution in [2.24, 2.45) is 5.92 Å². The van der Waals surface area contributed by atoms with Crippen molar-refractivity contribution < 1.29 is 14.3 Å². The molecule has 0 spiro atoms. The van der Waals surface area contributed by atoms with Gasteiger partial charge in [0.1, 0.15) is 6.10 Å². The van der Waals surface area contributed by atoms with Gasteiger partial charge in [-0.2, -0.15) is 0 Å². The zero-order valence-corrected chi connectivity index (χ0v) is 17.7. The SMILES string of the molecule is CC1(C)COC(c2ccccc2)CN1C(=O)C1CCN(C(=O)N2CCCC2)CC1. The van der Waals surface area contributed by atoms with Crippen molar-refractivity contribution in [2.45, 2.75) is 51.2 Å². The molecule has 3 saturated heterocycles. The van der Waals surface area contributed by atoms with Gasteiger partial charge < -0.3 is 19.4 Å². The Morgan fingerprint density at radius 1 is 0.966 bits per heavy atom. The number of amides is 3. The summed E-state index contributed by atoms with van der Waals surface area (Å²) in [6.45, 7) is 8.39. The van der Waals surface area contributed by atoms with Gasteiger partial charge in [0.05, 0.1) is 18.7 Å². The molecule has 0 saturated carbocycles. The zero-order chi connectivity index (χ0) is 20.4. The largest absolute Gasteiger partial charge is 0.369 e. The van der Waals surface area contributed by atoms with E-state index in [1.807, 2.05) is 32.9 Å². The standard InChI is InChI=1S/C23H33N3O3/c1-23(2)17-29-20(18-8-4-3-5-9-18)16-26(23)21(27)19-10-14-25(15-11-19)22(28)24-12-6-7-13-24/h3-5,8-9,19-20H,6-7,10-17H2,1-2H3. The molecule has 0 radical (unpaired) electrons. The maximum atomic E-state index is 13.4. The van der Waals surface area contributed by atoms with Gasteiger partial charge in [0.2, 0.25) is 5.91 Å². The molecule has 1 atom stereocenters. The maximum absolute atomic E-state index is 13.4. The molecule has 3 aliphatic heterocycles. The molecule has 4 rings (SSSR count). The van der Waals surface area contributed by atoms with Gasteiger partial charge in [0.15, 0.2) is 0 Å². The lowest BCUT2D eigenvalue weighted by Gasteiger charge is -2.47. The molecule has 3 fully saturated rings. The summed E-state index contributed by atoms with van der Waals surface area (Å²) in [4.78, 5) is 32.0. The van der Waals surface area contributed by atoms with E-state index in [2.05, 4.69) is 26.0 Å². The van der Waals surface area contributed by atoms with E-state index < -0.39 is 0 Å². The Labute approximate surface area is 173 Å². The summed E-state index contributed by atoms with van der Waals surface area (Å²) in [6, 6.07) is 10.3. The van der Waals surface area contributed by atoms with Crippen molar-refractivity contribution in [3.8, 4) is 0 Å². The van der Waals surface area contributed by atoms with Gasteiger partial charge in [-0.3, -0.25) is 4.79 Å². The molecule has 158 valence electrons. The van der Waals surface area contributed by atoms with Crippen LogP contribution in [0, 0.1) is 5.92 Å². The second-order valence-electron chi connectivity index (χ2n) is 9.21. The lowest BCUT2D eigenvalue weighted by molar-refractivity contribution is -0.160. The number of morpholine rings is 1. The Morgan fingerprint density at radius 3 is 2.24 bits per heavy atom. The highest BCUT2D eigenvalue weighted by Crippen LogP contribution is 2.33. The summed E-state index contributed by atoms with van der Waals surface area (Å²) in [6.07, 6.45) is 3.64. The van der Waals surface area contributed by atoms with Crippen LogP contribution in [0.5, 0.6) is 0 Å². The normalized spacial score (nSPS) is 25.3. The van der Waals surface area contributed by atoms with E-state index in [0.29, 0.717) is 26.2 Å². The zero-order valence-electron chi connectivity index (χ0n) is 17.7. The fourth-order valence-electron chi connectivity index (χ4n) is 4.75. The minimum absolute atomic E-state index is 0.00794. The van der Waals surface area contributed by atoms with E-state index in [4.69, 9.17) is 4.74 Å². The molecule has 1 aromatic carbocycles. The summed E-state index contributed by atoms with van der Waals surface area (Å²) in [5.74, 6) is 0.207. The highest BCUT2D eigenvalue weighted by molar-refractivity contribution is 5.81. The predicted molar refractivity (Wildman–Crippen MR) is 111 cm³/mol. The third-order valence-electron chi connectivity index (χ3n) is 6.65. The first-order valence-electron chi connectivity index (χ1n) is 11.0. The first kappa shape index (κ1) is 20.2. The van der Waals surface area contributed by atoms with E-state index in [1.165, 1.54) is 0 Å². The van der Waals surface area contributed by atoms with Crippen LogP contribution in [0.25, 0.3) is 0 Å². The number of piperidine rings is 1. The lowest BCUT2D eigenvalue weighted by Crippen LogP contribution is -2.58. The molecule has 6 nitrogen and oxygen atoms in total. The van der Waals surface area contributed by atoms with Crippen molar-refractivity contribution in [3.05, 3.63) is 35.9 Å². The number of carbonyl (C=O) groups is 2. The first-order chi connectivity index (χ1) is 14.0. The molecule has 1 aromatic rings. The molecule has 0 bridgehead atoms. The Morgan fingerprint density at radius 2 is 1.59 bits per heavy atom. The molecule has 6 heteroatoms. The first-order valence-corrected chi connectivity index (χ1v) is 11.0.